The van der Waals surface area contributed by atoms with Crippen molar-refractivity contribution in [3.8, 4) is 5.75 Å². The number of carbonyl (C=O) groups is 3. The number of carboxylic acid groups (broad SMARTS) is 1. The molecule has 1 saturated carbocycles. The van der Waals surface area contributed by atoms with E-state index in [1.54, 1.807) is 24.3 Å². The number of aliphatic carboxylic acids is 1. The second-order valence-electron chi connectivity index (χ2n) is 9.23. The zero-order valence-corrected chi connectivity index (χ0v) is 18.6. The first-order valence-corrected chi connectivity index (χ1v) is 11.6. The van der Waals surface area contributed by atoms with Crippen molar-refractivity contribution in [1.82, 2.24) is 10.2 Å². The molecule has 5 unspecified atom stereocenters. The van der Waals surface area contributed by atoms with Crippen LogP contribution in [-0.2, 0) is 14.4 Å². The van der Waals surface area contributed by atoms with E-state index < -0.39 is 41.4 Å². The third-order valence-electron chi connectivity index (χ3n) is 7.29. The number of hydrogen-bond acceptors (Lipinski definition) is 6. The summed E-state index contributed by atoms with van der Waals surface area (Å²) in [4.78, 5) is 40.9. The molecule has 3 N–H and O–H groups in total. The number of imide groups is 1. The third-order valence-corrected chi connectivity index (χ3v) is 7.29. The number of benzene rings is 1. The lowest BCUT2D eigenvalue weighted by molar-refractivity contribution is -0.157. The van der Waals surface area contributed by atoms with Gasteiger partial charge < -0.3 is 14.9 Å². The molecular weight excluding hydrogens is 412 g/mol. The average molecular weight is 445 g/mol. The number of fused-ring (bicyclic) bond motifs is 1. The number of aliphatic hydroxyl groups excluding tert-OH is 1. The Morgan fingerprint density at radius 3 is 2.41 bits per heavy atom. The molecule has 32 heavy (non-hydrogen) atoms. The summed E-state index contributed by atoms with van der Waals surface area (Å²) in [5.41, 5.74) is -1.23. The molecule has 2 heterocycles. The van der Waals surface area contributed by atoms with E-state index in [9.17, 15) is 24.6 Å². The van der Waals surface area contributed by atoms with Crippen LogP contribution in [0.3, 0.4) is 0 Å². The number of hydrogen-bond donors (Lipinski definition) is 3. The number of carbonyl (C=O) groups excluding carboxylic acids is 2. The number of aliphatic hydroxyl groups is 1. The highest BCUT2D eigenvalue weighted by molar-refractivity contribution is 6.10. The van der Waals surface area contributed by atoms with Gasteiger partial charge in [0.2, 0.25) is 11.8 Å². The summed E-state index contributed by atoms with van der Waals surface area (Å²) < 4.78 is 5.63. The second kappa shape index (κ2) is 8.83. The Hall–Kier alpha value is -2.45. The van der Waals surface area contributed by atoms with Crippen LogP contribution >= 0.6 is 0 Å². The highest BCUT2D eigenvalue weighted by Crippen LogP contribution is 2.51. The van der Waals surface area contributed by atoms with Gasteiger partial charge in [0.25, 0.3) is 0 Å². The maximum Gasteiger partial charge on any atom is 0.327 e. The summed E-state index contributed by atoms with van der Waals surface area (Å²) in [6, 6.07) is 6.26. The zero-order valence-electron chi connectivity index (χ0n) is 18.6. The maximum atomic E-state index is 13.6. The Morgan fingerprint density at radius 2 is 1.84 bits per heavy atom. The Kier molecular flexibility index (Phi) is 6.27. The molecule has 1 aromatic rings. The lowest BCUT2D eigenvalue weighted by atomic mass is 9.76. The van der Waals surface area contributed by atoms with Gasteiger partial charge >= 0.3 is 5.97 Å². The molecule has 0 aromatic heterocycles. The lowest BCUT2D eigenvalue weighted by Gasteiger charge is -2.36. The molecule has 0 spiro atoms. The Morgan fingerprint density at radius 1 is 1.19 bits per heavy atom. The van der Waals surface area contributed by atoms with Crippen molar-refractivity contribution in [3.05, 3.63) is 29.8 Å². The normalized spacial score (nSPS) is 31.6. The molecular formula is C24H32N2O6. The van der Waals surface area contributed by atoms with Crippen molar-refractivity contribution in [1.29, 1.82) is 0 Å². The van der Waals surface area contributed by atoms with Gasteiger partial charge in [-0.1, -0.05) is 38.3 Å². The van der Waals surface area contributed by atoms with Crippen molar-refractivity contribution in [3.63, 3.8) is 0 Å². The Balaban J connectivity index is 1.73. The Labute approximate surface area is 187 Å². The van der Waals surface area contributed by atoms with Gasteiger partial charge in [0.05, 0.1) is 24.5 Å². The minimum absolute atomic E-state index is 0.194. The second-order valence-corrected chi connectivity index (χ2v) is 9.23. The molecule has 2 saturated heterocycles. The van der Waals surface area contributed by atoms with Crippen LogP contribution in [0, 0.1) is 11.8 Å². The molecule has 4 rings (SSSR count). The number of nitrogens with zero attached hydrogens (tertiary/aromatic N) is 1. The van der Waals surface area contributed by atoms with Crippen molar-refractivity contribution in [2.75, 3.05) is 6.61 Å². The quantitative estimate of drug-likeness (QED) is 0.553. The fourth-order valence-electron chi connectivity index (χ4n) is 5.70. The molecule has 0 radical (unpaired) electrons. The topological polar surface area (TPSA) is 116 Å². The van der Waals surface area contributed by atoms with Crippen LogP contribution in [0.15, 0.2) is 24.3 Å². The van der Waals surface area contributed by atoms with E-state index in [4.69, 9.17) is 4.74 Å². The number of rotatable bonds is 7. The van der Waals surface area contributed by atoms with E-state index in [0.29, 0.717) is 17.9 Å². The van der Waals surface area contributed by atoms with Crippen molar-refractivity contribution < 1.29 is 29.3 Å². The predicted molar refractivity (Wildman–Crippen MR) is 116 cm³/mol. The number of ether oxygens (including phenoxy) is 1. The first-order chi connectivity index (χ1) is 15.3. The molecule has 3 aliphatic rings. The van der Waals surface area contributed by atoms with E-state index in [0.717, 1.165) is 38.5 Å². The number of nitrogens with one attached hydrogen (secondary N) is 1. The molecule has 8 nitrogen and oxygen atoms in total. The summed E-state index contributed by atoms with van der Waals surface area (Å²) in [6.45, 7) is 3.96. The fourth-order valence-corrected chi connectivity index (χ4v) is 5.70. The molecule has 2 amide bonds. The molecule has 5 atom stereocenters. The standard InChI is InChI=1S/C24H32N2O6/c1-3-13-32-17-11-9-15(10-12-17)20-18-19(24(25-20,14(2)27)23(30)31)22(29)26(21(18)28)16-7-5-4-6-8-16/h9-12,14,16,18-20,25,27H,3-8,13H2,1-2H3,(H,30,31). The average Bonchev–Trinajstić information content (AvgIpc) is 3.28. The van der Waals surface area contributed by atoms with Crippen LogP contribution in [0.4, 0.5) is 0 Å². The van der Waals surface area contributed by atoms with Crippen LogP contribution in [0.1, 0.15) is 64.0 Å². The zero-order chi connectivity index (χ0) is 23.0. The number of carboxylic acids is 1. The molecule has 3 fully saturated rings. The smallest absolute Gasteiger partial charge is 0.327 e. The molecule has 1 aliphatic carbocycles. The molecule has 0 bridgehead atoms. The van der Waals surface area contributed by atoms with Gasteiger partial charge in [0.15, 0.2) is 5.54 Å². The van der Waals surface area contributed by atoms with Gasteiger partial charge in [-0.2, -0.15) is 0 Å². The minimum Gasteiger partial charge on any atom is -0.494 e. The predicted octanol–water partition coefficient (Wildman–Crippen LogP) is 2.26. The fraction of sp³-hybridized carbons (Fsp3) is 0.625. The van der Waals surface area contributed by atoms with Gasteiger partial charge in [-0.05, 0) is 43.9 Å². The van der Waals surface area contributed by atoms with Crippen molar-refractivity contribution in [2.24, 2.45) is 11.8 Å². The van der Waals surface area contributed by atoms with Crippen LogP contribution in [-0.4, -0.2) is 57.2 Å². The van der Waals surface area contributed by atoms with Crippen LogP contribution in [0.2, 0.25) is 0 Å². The van der Waals surface area contributed by atoms with Gasteiger partial charge in [0.1, 0.15) is 5.75 Å². The van der Waals surface area contributed by atoms with Gasteiger partial charge in [0, 0.05) is 12.1 Å². The summed E-state index contributed by atoms with van der Waals surface area (Å²) in [6.07, 6.45) is 3.95. The van der Waals surface area contributed by atoms with Crippen molar-refractivity contribution >= 4 is 17.8 Å². The summed E-state index contributed by atoms with van der Waals surface area (Å²) in [5, 5.41) is 23.8. The summed E-state index contributed by atoms with van der Waals surface area (Å²) in [5.74, 6) is -3.48. The number of likely N-dealkylation sites (tertiary alicyclic amines) is 1. The van der Waals surface area contributed by atoms with Crippen LogP contribution < -0.4 is 10.1 Å². The monoisotopic (exact) mass is 444 g/mol. The largest absolute Gasteiger partial charge is 0.494 e. The first kappa shape index (κ1) is 22.7. The SMILES string of the molecule is CCCOc1ccc(C2NC(C(=O)O)(C(C)O)C3C(=O)N(C4CCCCC4)C(=O)C23)cc1. The highest BCUT2D eigenvalue weighted by atomic mass is 16.5. The van der Waals surface area contributed by atoms with Crippen LogP contribution in [0.5, 0.6) is 5.75 Å². The lowest BCUT2D eigenvalue weighted by Crippen LogP contribution is -2.62. The first-order valence-electron chi connectivity index (χ1n) is 11.6. The van der Waals surface area contributed by atoms with Gasteiger partial charge in [-0.25, -0.2) is 0 Å². The van der Waals surface area contributed by atoms with Crippen LogP contribution in [0.25, 0.3) is 0 Å². The maximum absolute atomic E-state index is 13.6. The molecule has 174 valence electrons. The van der Waals surface area contributed by atoms with E-state index in [1.807, 2.05) is 6.92 Å². The van der Waals surface area contributed by atoms with E-state index in [1.165, 1.54) is 11.8 Å². The van der Waals surface area contributed by atoms with Crippen molar-refractivity contribution in [2.45, 2.75) is 76.1 Å². The minimum atomic E-state index is -1.93. The van der Waals surface area contributed by atoms with E-state index >= 15 is 0 Å². The molecule has 1 aromatic carbocycles. The number of amides is 2. The van der Waals surface area contributed by atoms with E-state index in [-0.39, 0.29) is 11.9 Å². The third kappa shape index (κ3) is 3.49. The molecule has 8 heteroatoms. The van der Waals surface area contributed by atoms with E-state index in [2.05, 4.69) is 5.32 Å². The van der Waals surface area contributed by atoms with Gasteiger partial charge in [-0.3, -0.25) is 24.6 Å². The van der Waals surface area contributed by atoms with Gasteiger partial charge in [-0.15, -0.1) is 0 Å². The summed E-state index contributed by atoms with van der Waals surface area (Å²) >= 11 is 0. The Bertz CT molecular complexity index is 879. The highest BCUT2D eigenvalue weighted by Gasteiger charge is 2.70. The molecule has 2 aliphatic heterocycles. The summed E-state index contributed by atoms with van der Waals surface area (Å²) in [7, 11) is 0.